The Morgan fingerprint density at radius 3 is 1.71 bits per heavy atom. The van der Waals surface area contributed by atoms with Crippen LogP contribution in [0.15, 0.2) is 97.1 Å². The summed E-state index contributed by atoms with van der Waals surface area (Å²) in [6, 6.07) is 30.7. The Labute approximate surface area is 199 Å². The predicted molar refractivity (Wildman–Crippen MR) is 138 cm³/mol. The third kappa shape index (κ3) is 3.21. The molecule has 0 aromatic heterocycles. The van der Waals surface area contributed by atoms with E-state index in [1.807, 2.05) is 104 Å². The van der Waals surface area contributed by atoms with Crippen LogP contribution in [0.5, 0.6) is 11.5 Å². The number of fused-ring (bicyclic) bond motifs is 6. The molecule has 34 heavy (non-hydrogen) atoms. The standard InChI is InChI=1S/C28H24O4P2/c1-2-20(34(30)28-18-10-6-14-24(28)22-12-4-8-16-26(22)32-34)19-33(29)27-17-9-5-13-23(27)21-11-3-7-15-25(21)31-33/h3-18,20H,2,19H2,1H3. The third-order valence-electron chi connectivity index (χ3n) is 6.75. The number of para-hydroxylation sites is 2. The average molecular weight is 486 g/mol. The first-order valence-electron chi connectivity index (χ1n) is 11.5. The summed E-state index contributed by atoms with van der Waals surface area (Å²) >= 11 is 0. The van der Waals surface area contributed by atoms with E-state index >= 15 is 0 Å². The maximum absolute atomic E-state index is 14.7. The molecule has 0 bridgehead atoms. The van der Waals surface area contributed by atoms with Crippen molar-refractivity contribution in [1.29, 1.82) is 0 Å². The smallest absolute Gasteiger partial charge is 0.281 e. The lowest BCUT2D eigenvalue weighted by atomic mass is 10.0. The Morgan fingerprint density at radius 1 is 0.618 bits per heavy atom. The molecule has 2 aliphatic rings. The number of hydrogen-bond donors (Lipinski definition) is 0. The molecule has 0 N–H and O–H groups in total. The van der Waals surface area contributed by atoms with E-state index in [4.69, 9.17) is 9.05 Å². The van der Waals surface area contributed by atoms with E-state index in [0.717, 1.165) is 22.3 Å². The SMILES string of the molecule is CCC(CP1(=O)Oc2ccccc2-c2ccccc21)P1(=O)Oc2ccccc2-c2ccccc21. The topological polar surface area (TPSA) is 52.6 Å². The molecule has 0 saturated heterocycles. The predicted octanol–water partition coefficient (Wildman–Crippen LogP) is 7.09. The number of hydrogen-bond acceptors (Lipinski definition) is 4. The Kier molecular flexibility index (Phi) is 5.06. The zero-order valence-corrected chi connectivity index (χ0v) is 20.5. The van der Waals surface area contributed by atoms with Crippen LogP contribution in [0.2, 0.25) is 0 Å². The maximum Gasteiger partial charge on any atom is 0.281 e. The fourth-order valence-corrected chi connectivity index (χ4v) is 11.5. The Balaban J connectivity index is 1.46. The molecule has 6 rings (SSSR count). The van der Waals surface area contributed by atoms with E-state index in [1.165, 1.54) is 0 Å². The summed E-state index contributed by atoms with van der Waals surface area (Å²) in [5.41, 5.74) is 3.22. The quantitative estimate of drug-likeness (QED) is 0.289. The molecule has 0 amide bonds. The normalized spacial score (nSPS) is 22.7. The van der Waals surface area contributed by atoms with E-state index in [-0.39, 0.29) is 6.16 Å². The van der Waals surface area contributed by atoms with E-state index in [1.54, 1.807) is 0 Å². The second-order valence-electron chi connectivity index (χ2n) is 8.72. The van der Waals surface area contributed by atoms with Crippen LogP contribution in [-0.4, -0.2) is 11.8 Å². The highest BCUT2D eigenvalue weighted by atomic mass is 31.2. The highest BCUT2D eigenvalue weighted by Gasteiger charge is 2.47. The van der Waals surface area contributed by atoms with Gasteiger partial charge in [-0.15, -0.1) is 0 Å². The zero-order chi connectivity index (χ0) is 23.3. The first-order chi connectivity index (χ1) is 16.5. The first-order valence-corrected chi connectivity index (χ1v) is 15.0. The van der Waals surface area contributed by atoms with Crippen molar-refractivity contribution < 1.29 is 18.2 Å². The van der Waals surface area contributed by atoms with Crippen molar-refractivity contribution in [2.45, 2.75) is 19.0 Å². The molecule has 4 aromatic rings. The van der Waals surface area contributed by atoms with Gasteiger partial charge in [0.25, 0.3) is 14.7 Å². The summed E-state index contributed by atoms with van der Waals surface area (Å²) < 4.78 is 41.8. The van der Waals surface area contributed by atoms with Crippen molar-refractivity contribution in [3.05, 3.63) is 97.1 Å². The molecule has 3 unspecified atom stereocenters. The van der Waals surface area contributed by atoms with Gasteiger partial charge in [-0.3, -0.25) is 9.13 Å². The molecule has 3 atom stereocenters. The molecule has 0 radical (unpaired) electrons. The molecule has 4 nitrogen and oxygen atoms in total. The second-order valence-corrected chi connectivity index (χ2v) is 13.7. The van der Waals surface area contributed by atoms with Gasteiger partial charge in [0, 0.05) is 11.1 Å². The van der Waals surface area contributed by atoms with E-state index in [9.17, 15) is 9.13 Å². The van der Waals surface area contributed by atoms with Gasteiger partial charge in [0.05, 0.1) is 22.4 Å². The monoisotopic (exact) mass is 486 g/mol. The lowest BCUT2D eigenvalue weighted by Crippen LogP contribution is -2.31. The molecular weight excluding hydrogens is 462 g/mol. The minimum atomic E-state index is -3.40. The summed E-state index contributed by atoms with van der Waals surface area (Å²) in [4.78, 5) is 0. The summed E-state index contributed by atoms with van der Waals surface area (Å²) in [6.45, 7) is 1.98. The van der Waals surface area contributed by atoms with Crippen LogP contribution < -0.4 is 19.7 Å². The van der Waals surface area contributed by atoms with Crippen LogP contribution in [0.1, 0.15) is 13.3 Å². The van der Waals surface area contributed by atoms with Gasteiger partial charge in [0.2, 0.25) is 0 Å². The largest absolute Gasteiger partial charge is 0.439 e. The lowest BCUT2D eigenvalue weighted by molar-refractivity contribution is 0.466. The van der Waals surface area contributed by atoms with Gasteiger partial charge in [-0.25, -0.2) is 0 Å². The van der Waals surface area contributed by atoms with E-state index in [2.05, 4.69) is 0 Å². The van der Waals surface area contributed by atoms with Crippen molar-refractivity contribution in [3.8, 4) is 33.8 Å². The summed E-state index contributed by atoms with van der Waals surface area (Å²) in [7, 11) is -6.77. The van der Waals surface area contributed by atoms with E-state index in [0.29, 0.717) is 28.5 Å². The van der Waals surface area contributed by atoms with Crippen LogP contribution in [0.3, 0.4) is 0 Å². The molecule has 0 saturated carbocycles. The van der Waals surface area contributed by atoms with Crippen molar-refractivity contribution in [1.82, 2.24) is 0 Å². The Morgan fingerprint density at radius 2 is 1.09 bits per heavy atom. The van der Waals surface area contributed by atoms with Crippen molar-refractivity contribution in [2.75, 3.05) is 6.16 Å². The van der Waals surface area contributed by atoms with Crippen molar-refractivity contribution >= 4 is 25.3 Å². The van der Waals surface area contributed by atoms with Gasteiger partial charge in [-0.05, 0) is 41.8 Å². The van der Waals surface area contributed by atoms with Crippen LogP contribution in [0.4, 0.5) is 0 Å². The minimum Gasteiger partial charge on any atom is -0.439 e. The van der Waals surface area contributed by atoms with Crippen LogP contribution in [-0.2, 0) is 9.13 Å². The molecule has 2 aliphatic heterocycles. The first kappa shape index (κ1) is 21.5. The molecule has 170 valence electrons. The molecule has 0 aliphatic carbocycles. The lowest BCUT2D eigenvalue weighted by Gasteiger charge is -2.36. The third-order valence-corrected chi connectivity index (χ3v) is 12.6. The van der Waals surface area contributed by atoms with E-state index < -0.39 is 20.4 Å². The second kappa shape index (κ2) is 8.01. The summed E-state index contributed by atoms with van der Waals surface area (Å²) in [6.07, 6.45) is 0.688. The van der Waals surface area contributed by atoms with Gasteiger partial charge in [-0.2, -0.15) is 0 Å². The summed E-state index contributed by atoms with van der Waals surface area (Å²) in [5, 5.41) is 1.38. The maximum atomic E-state index is 14.7. The van der Waals surface area contributed by atoms with Gasteiger partial charge >= 0.3 is 0 Å². The molecule has 2 heterocycles. The average Bonchev–Trinajstić information content (AvgIpc) is 2.88. The highest BCUT2D eigenvalue weighted by molar-refractivity contribution is 7.72. The van der Waals surface area contributed by atoms with Gasteiger partial charge in [0.15, 0.2) is 0 Å². The van der Waals surface area contributed by atoms with Crippen LogP contribution in [0.25, 0.3) is 22.3 Å². The highest BCUT2D eigenvalue weighted by Crippen LogP contribution is 2.63. The fraction of sp³-hybridized carbons (Fsp3) is 0.143. The minimum absolute atomic E-state index is 0.141. The summed E-state index contributed by atoms with van der Waals surface area (Å²) in [5.74, 6) is 1.21. The molecule has 4 aromatic carbocycles. The van der Waals surface area contributed by atoms with Gasteiger partial charge in [-0.1, -0.05) is 79.7 Å². The van der Waals surface area contributed by atoms with Gasteiger partial charge < -0.3 is 9.05 Å². The zero-order valence-electron chi connectivity index (χ0n) is 18.8. The Hall–Kier alpha value is -3.06. The van der Waals surface area contributed by atoms with Crippen molar-refractivity contribution in [2.24, 2.45) is 0 Å². The van der Waals surface area contributed by atoms with Gasteiger partial charge in [0.1, 0.15) is 11.5 Å². The number of benzene rings is 4. The van der Waals surface area contributed by atoms with Crippen molar-refractivity contribution in [3.63, 3.8) is 0 Å². The molecule has 0 spiro atoms. The molecule has 6 heteroatoms. The van der Waals surface area contributed by atoms with Crippen LogP contribution >= 0.6 is 14.7 Å². The number of rotatable bonds is 4. The fourth-order valence-electron chi connectivity index (χ4n) is 5.07. The molecule has 0 fully saturated rings. The molecular formula is C28H24O4P2. The van der Waals surface area contributed by atoms with Crippen LogP contribution in [0, 0.1) is 0 Å². The Bertz CT molecular complexity index is 1510.